The minimum absolute atomic E-state index is 0.0168. The molecule has 0 bridgehead atoms. The van der Waals surface area contributed by atoms with Crippen LogP contribution in [0.5, 0.6) is 0 Å². The number of amides is 1. The Morgan fingerprint density at radius 3 is 3.10 bits per heavy atom. The molecule has 1 fully saturated rings. The third kappa shape index (κ3) is 4.28. The third-order valence-electron chi connectivity index (χ3n) is 3.35. The van der Waals surface area contributed by atoms with Crippen molar-refractivity contribution in [2.45, 2.75) is 31.9 Å². The number of carbonyl (C=O) groups is 1. The molecule has 1 aromatic rings. The lowest BCUT2D eigenvalue weighted by molar-refractivity contribution is 0.0136. The van der Waals surface area contributed by atoms with Crippen LogP contribution in [-0.2, 0) is 4.74 Å². The summed E-state index contributed by atoms with van der Waals surface area (Å²) in [6.45, 7) is 2.25. The zero-order valence-electron chi connectivity index (χ0n) is 11.9. The second-order valence-corrected chi connectivity index (χ2v) is 5.03. The van der Waals surface area contributed by atoms with E-state index < -0.39 is 5.82 Å². The number of hydrogen-bond acceptors (Lipinski definition) is 3. The quantitative estimate of drug-likeness (QED) is 0.811. The maximum atomic E-state index is 13.4. The van der Waals surface area contributed by atoms with Crippen LogP contribution in [0.2, 0.25) is 0 Å². The molecule has 21 heavy (non-hydrogen) atoms. The fraction of sp³-hybridized carbons (Fsp3) is 0.438. The van der Waals surface area contributed by atoms with Crippen LogP contribution in [0.4, 0.5) is 4.39 Å². The molecular formula is C16H18FNO3. The summed E-state index contributed by atoms with van der Waals surface area (Å²) in [7, 11) is 0. The van der Waals surface area contributed by atoms with Crippen molar-refractivity contribution in [1.82, 2.24) is 5.32 Å². The molecule has 2 unspecified atom stereocenters. The van der Waals surface area contributed by atoms with Crippen molar-refractivity contribution in [2.24, 2.45) is 0 Å². The molecule has 1 aromatic carbocycles. The summed E-state index contributed by atoms with van der Waals surface area (Å²) in [6, 6.07) is 3.87. The Labute approximate surface area is 123 Å². The monoisotopic (exact) mass is 291 g/mol. The molecule has 1 aliphatic rings. The first kappa shape index (κ1) is 15.5. The Morgan fingerprint density at radius 1 is 1.57 bits per heavy atom. The fourth-order valence-corrected chi connectivity index (χ4v) is 2.34. The van der Waals surface area contributed by atoms with Crippen molar-refractivity contribution < 1.29 is 19.0 Å². The van der Waals surface area contributed by atoms with E-state index in [1.54, 1.807) is 0 Å². The van der Waals surface area contributed by atoms with Gasteiger partial charge in [0.05, 0.1) is 11.7 Å². The van der Waals surface area contributed by atoms with Crippen molar-refractivity contribution in [3.05, 3.63) is 35.1 Å². The second kappa shape index (κ2) is 7.21. The summed E-state index contributed by atoms with van der Waals surface area (Å²) in [5.74, 6) is 4.30. The largest absolute Gasteiger partial charge is 0.384 e. The highest BCUT2D eigenvalue weighted by Gasteiger charge is 2.22. The molecular weight excluding hydrogens is 273 g/mol. The first-order chi connectivity index (χ1) is 10.1. The molecule has 1 saturated heterocycles. The molecule has 0 radical (unpaired) electrons. The average molecular weight is 291 g/mol. The van der Waals surface area contributed by atoms with Gasteiger partial charge in [-0.1, -0.05) is 11.8 Å². The van der Waals surface area contributed by atoms with E-state index in [0.717, 1.165) is 12.8 Å². The minimum atomic E-state index is -0.491. The van der Waals surface area contributed by atoms with Gasteiger partial charge in [-0.15, -0.1) is 0 Å². The van der Waals surface area contributed by atoms with Crippen LogP contribution in [0.15, 0.2) is 18.2 Å². The molecule has 0 aromatic heterocycles. The topological polar surface area (TPSA) is 58.6 Å². The van der Waals surface area contributed by atoms with Crippen LogP contribution in [-0.4, -0.2) is 36.4 Å². The van der Waals surface area contributed by atoms with Gasteiger partial charge < -0.3 is 15.2 Å². The van der Waals surface area contributed by atoms with Crippen molar-refractivity contribution in [2.75, 3.05) is 13.2 Å². The van der Waals surface area contributed by atoms with E-state index in [2.05, 4.69) is 17.2 Å². The summed E-state index contributed by atoms with van der Waals surface area (Å²) < 4.78 is 18.8. The van der Waals surface area contributed by atoms with Gasteiger partial charge in [0.25, 0.3) is 5.91 Å². The van der Waals surface area contributed by atoms with Crippen LogP contribution in [0.1, 0.15) is 35.7 Å². The molecule has 4 nitrogen and oxygen atoms in total. The van der Waals surface area contributed by atoms with Crippen molar-refractivity contribution in [1.29, 1.82) is 0 Å². The Morgan fingerprint density at radius 2 is 2.38 bits per heavy atom. The van der Waals surface area contributed by atoms with Crippen LogP contribution >= 0.6 is 0 Å². The molecule has 5 heteroatoms. The molecule has 1 amide bonds. The zero-order valence-corrected chi connectivity index (χ0v) is 11.9. The average Bonchev–Trinajstić information content (AvgIpc) is 2.46. The SMILES string of the molecule is CC1CC(NC(=O)c2cc(F)ccc2C#CCO)CCO1. The van der Waals surface area contributed by atoms with Crippen LogP contribution in [0.25, 0.3) is 0 Å². The Bertz CT molecular complexity index is 577. The number of rotatable bonds is 2. The van der Waals surface area contributed by atoms with E-state index in [9.17, 15) is 9.18 Å². The van der Waals surface area contributed by atoms with E-state index >= 15 is 0 Å². The maximum Gasteiger partial charge on any atom is 0.252 e. The van der Waals surface area contributed by atoms with Gasteiger partial charge in [0.1, 0.15) is 12.4 Å². The molecule has 1 heterocycles. The molecule has 1 aliphatic heterocycles. The molecule has 2 rings (SSSR count). The van der Waals surface area contributed by atoms with Gasteiger partial charge in [0, 0.05) is 18.2 Å². The standard InChI is InChI=1S/C16H18FNO3/c1-11-9-14(6-8-21-11)18-16(20)15-10-13(17)5-4-12(15)3-2-7-19/h4-5,10-11,14,19H,6-9H2,1H3,(H,18,20). The molecule has 112 valence electrons. The number of hydrogen-bond donors (Lipinski definition) is 2. The van der Waals surface area contributed by atoms with Crippen molar-refractivity contribution >= 4 is 5.91 Å². The van der Waals surface area contributed by atoms with Crippen molar-refractivity contribution in [3.63, 3.8) is 0 Å². The lowest BCUT2D eigenvalue weighted by Crippen LogP contribution is -2.41. The summed E-state index contributed by atoms with van der Waals surface area (Å²) in [5, 5.41) is 11.6. The Balaban J connectivity index is 2.15. The predicted octanol–water partition coefficient (Wildman–Crippen LogP) is 1.47. The smallest absolute Gasteiger partial charge is 0.252 e. The van der Waals surface area contributed by atoms with Gasteiger partial charge in [-0.05, 0) is 38.0 Å². The number of aliphatic hydroxyl groups excluding tert-OH is 1. The van der Waals surface area contributed by atoms with Crippen LogP contribution in [0.3, 0.4) is 0 Å². The van der Waals surface area contributed by atoms with Gasteiger partial charge in [-0.2, -0.15) is 0 Å². The van der Waals surface area contributed by atoms with Crippen LogP contribution < -0.4 is 5.32 Å². The zero-order chi connectivity index (χ0) is 15.2. The molecule has 2 atom stereocenters. The van der Waals surface area contributed by atoms with E-state index in [4.69, 9.17) is 9.84 Å². The van der Waals surface area contributed by atoms with E-state index in [0.29, 0.717) is 12.2 Å². The predicted molar refractivity (Wildman–Crippen MR) is 76.3 cm³/mol. The number of aliphatic hydroxyl groups is 1. The summed E-state index contributed by atoms with van der Waals surface area (Å²) in [5.41, 5.74) is 0.596. The number of ether oxygens (including phenoxy) is 1. The fourth-order valence-electron chi connectivity index (χ4n) is 2.34. The second-order valence-electron chi connectivity index (χ2n) is 5.03. The van der Waals surface area contributed by atoms with Crippen molar-refractivity contribution in [3.8, 4) is 11.8 Å². The Hall–Kier alpha value is -1.90. The van der Waals surface area contributed by atoms with Crippen LogP contribution in [0, 0.1) is 17.7 Å². The van der Waals surface area contributed by atoms with E-state index in [1.807, 2.05) is 6.92 Å². The molecule has 0 saturated carbocycles. The first-order valence-corrected chi connectivity index (χ1v) is 6.92. The molecule has 0 spiro atoms. The highest BCUT2D eigenvalue weighted by atomic mass is 19.1. The first-order valence-electron chi connectivity index (χ1n) is 6.92. The van der Waals surface area contributed by atoms with Gasteiger partial charge >= 0.3 is 0 Å². The lowest BCUT2D eigenvalue weighted by Gasteiger charge is -2.28. The van der Waals surface area contributed by atoms with E-state index in [-0.39, 0.29) is 30.2 Å². The normalized spacial score (nSPS) is 21.3. The van der Waals surface area contributed by atoms with Gasteiger partial charge in [-0.3, -0.25) is 4.79 Å². The summed E-state index contributed by atoms with van der Waals surface area (Å²) >= 11 is 0. The number of halogens is 1. The third-order valence-corrected chi connectivity index (χ3v) is 3.35. The number of nitrogens with one attached hydrogen (secondary N) is 1. The number of benzene rings is 1. The van der Waals surface area contributed by atoms with Gasteiger partial charge in [0.15, 0.2) is 0 Å². The highest BCUT2D eigenvalue weighted by molar-refractivity contribution is 5.97. The lowest BCUT2D eigenvalue weighted by atomic mass is 10.0. The molecule has 0 aliphatic carbocycles. The highest BCUT2D eigenvalue weighted by Crippen LogP contribution is 2.15. The summed E-state index contributed by atoms with van der Waals surface area (Å²) in [4.78, 5) is 12.3. The summed E-state index contributed by atoms with van der Waals surface area (Å²) in [6.07, 6.45) is 1.58. The maximum absolute atomic E-state index is 13.4. The number of carbonyl (C=O) groups excluding carboxylic acids is 1. The minimum Gasteiger partial charge on any atom is -0.384 e. The van der Waals surface area contributed by atoms with Gasteiger partial charge in [0.2, 0.25) is 0 Å². The molecule has 2 N–H and O–H groups in total. The van der Waals surface area contributed by atoms with Gasteiger partial charge in [-0.25, -0.2) is 4.39 Å². The van der Waals surface area contributed by atoms with E-state index in [1.165, 1.54) is 18.2 Å². The Kier molecular flexibility index (Phi) is 5.32.